The fourth-order valence-corrected chi connectivity index (χ4v) is 2.95. The topological polar surface area (TPSA) is 38.5 Å². The lowest BCUT2D eigenvalue weighted by Gasteiger charge is -2.32. The summed E-state index contributed by atoms with van der Waals surface area (Å²) >= 11 is 12.1. The molecular weight excluding hydrogens is 271 g/mol. The number of nitrogens with two attached hydrogens (primary N) is 1. The van der Waals surface area contributed by atoms with Gasteiger partial charge >= 0.3 is 0 Å². The Morgan fingerprint density at radius 2 is 2.06 bits per heavy atom. The van der Waals surface area contributed by atoms with Crippen LogP contribution in [0.1, 0.15) is 18.0 Å². The lowest BCUT2D eigenvalue weighted by atomic mass is 10.0. The number of nitrogens with zero attached hydrogens (tertiary/aromatic N) is 1. The van der Waals surface area contributed by atoms with E-state index in [2.05, 4.69) is 11.9 Å². The van der Waals surface area contributed by atoms with Crippen molar-refractivity contribution in [3.8, 4) is 0 Å². The number of rotatable bonds is 4. The van der Waals surface area contributed by atoms with Gasteiger partial charge in [0.25, 0.3) is 0 Å². The monoisotopic (exact) mass is 288 g/mol. The Morgan fingerprint density at radius 3 is 2.56 bits per heavy atom. The van der Waals surface area contributed by atoms with Crippen LogP contribution < -0.4 is 5.73 Å². The SMILES string of the molecule is CN(C1CCOC1)C(CN)c1cc(Cl)cc(Cl)c1. The second kappa shape index (κ2) is 6.22. The summed E-state index contributed by atoms with van der Waals surface area (Å²) in [6.07, 6.45) is 1.04. The number of likely N-dealkylation sites (N-methyl/N-ethyl adjacent to an activating group) is 1. The van der Waals surface area contributed by atoms with E-state index >= 15 is 0 Å². The highest BCUT2D eigenvalue weighted by atomic mass is 35.5. The van der Waals surface area contributed by atoms with E-state index in [1.54, 1.807) is 6.07 Å². The summed E-state index contributed by atoms with van der Waals surface area (Å²) < 4.78 is 5.42. The summed E-state index contributed by atoms with van der Waals surface area (Å²) in [5.41, 5.74) is 6.96. The second-order valence-electron chi connectivity index (χ2n) is 4.64. The molecule has 0 bridgehead atoms. The van der Waals surface area contributed by atoms with E-state index < -0.39 is 0 Å². The van der Waals surface area contributed by atoms with Crippen molar-refractivity contribution >= 4 is 23.2 Å². The second-order valence-corrected chi connectivity index (χ2v) is 5.51. The summed E-state index contributed by atoms with van der Waals surface area (Å²) in [5, 5.41) is 1.29. The van der Waals surface area contributed by atoms with Crippen LogP contribution in [0, 0.1) is 0 Å². The molecule has 0 aromatic heterocycles. The lowest BCUT2D eigenvalue weighted by molar-refractivity contribution is 0.134. The Bertz CT molecular complexity index is 388. The van der Waals surface area contributed by atoms with Crippen molar-refractivity contribution in [2.75, 3.05) is 26.8 Å². The first kappa shape index (κ1) is 14.1. The molecule has 0 saturated carbocycles. The maximum absolute atomic E-state index is 6.05. The molecule has 0 amide bonds. The Labute approximate surface area is 118 Å². The Hall–Kier alpha value is -0.320. The third-order valence-electron chi connectivity index (χ3n) is 3.47. The molecule has 18 heavy (non-hydrogen) atoms. The predicted molar refractivity (Wildman–Crippen MR) is 75.2 cm³/mol. The summed E-state index contributed by atoms with van der Waals surface area (Å²) in [7, 11) is 2.08. The van der Waals surface area contributed by atoms with Crippen LogP contribution in [0.4, 0.5) is 0 Å². The van der Waals surface area contributed by atoms with Gasteiger partial charge in [-0.05, 0) is 37.2 Å². The van der Waals surface area contributed by atoms with E-state index in [0.717, 1.165) is 25.2 Å². The number of benzene rings is 1. The molecule has 1 aromatic rings. The van der Waals surface area contributed by atoms with Crippen LogP contribution in [-0.2, 0) is 4.74 Å². The van der Waals surface area contributed by atoms with Crippen LogP contribution in [0.2, 0.25) is 10.0 Å². The molecule has 0 radical (unpaired) electrons. The van der Waals surface area contributed by atoms with Gasteiger partial charge in [-0.1, -0.05) is 23.2 Å². The number of hydrogen-bond donors (Lipinski definition) is 1. The summed E-state index contributed by atoms with van der Waals surface area (Å²) in [5.74, 6) is 0. The molecule has 1 fully saturated rings. The van der Waals surface area contributed by atoms with Gasteiger partial charge in [0.2, 0.25) is 0 Å². The third-order valence-corrected chi connectivity index (χ3v) is 3.90. The van der Waals surface area contributed by atoms with Crippen LogP contribution in [0.15, 0.2) is 18.2 Å². The van der Waals surface area contributed by atoms with Gasteiger partial charge < -0.3 is 10.5 Å². The van der Waals surface area contributed by atoms with E-state index in [1.165, 1.54) is 0 Å². The lowest BCUT2D eigenvalue weighted by Crippen LogP contribution is -2.38. The molecule has 1 aromatic carbocycles. The average molecular weight is 289 g/mol. The molecule has 0 aliphatic carbocycles. The molecule has 5 heteroatoms. The number of hydrogen-bond acceptors (Lipinski definition) is 3. The normalized spacial score (nSPS) is 21.5. The van der Waals surface area contributed by atoms with Gasteiger partial charge in [0.15, 0.2) is 0 Å². The van der Waals surface area contributed by atoms with E-state index in [-0.39, 0.29) is 6.04 Å². The predicted octanol–water partition coefficient (Wildman–Crippen LogP) is 2.71. The largest absolute Gasteiger partial charge is 0.380 e. The average Bonchev–Trinajstić information content (AvgIpc) is 2.81. The highest BCUT2D eigenvalue weighted by molar-refractivity contribution is 6.34. The smallest absolute Gasteiger partial charge is 0.0622 e. The minimum Gasteiger partial charge on any atom is -0.380 e. The Morgan fingerprint density at radius 1 is 1.39 bits per heavy atom. The first-order chi connectivity index (χ1) is 8.61. The van der Waals surface area contributed by atoms with E-state index in [1.807, 2.05) is 12.1 Å². The van der Waals surface area contributed by atoms with Crippen molar-refractivity contribution in [3.63, 3.8) is 0 Å². The molecule has 100 valence electrons. The van der Waals surface area contributed by atoms with E-state index in [9.17, 15) is 0 Å². The van der Waals surface area contributed by atoms with Crippen molar-refractivity contribution in [1.82, 2.24) is 4.90 Å². The van der Waals surface area contributed by atoms with Gasteiger partial charge in [0.1, 0.15) is 0 Å². The zero-order valence-electron chi connectivity index (χ0n) is 10.4. The first-order valence-electron chi connectivity index (χ1n) is 6.07. The standard InChI is InChI=1S/C13H18Cl2N2O/c1-17(12-2-3-18-8-12)13(7-16)9-4-10(14)6-11(15)5-9/h4-6,12-13H,2-3,7-8,16H2,1H3. The molecule has 2 N–H and O–H groups in total. The molecule has 2 atom stereocenters. The summed E-state index contributed by atoms with van der Waals surface area (Å²) in [6.45, 7) is 2.12. The molecular formula is C13H18Cl2N2O. The zero-order valence-corrected chi connectivity index (χ0v) is 11.9. The summed E-state index contributed by atoms with van der Waals surface area (Å²) in [6, 6.07) is 6.12. The highest BCUT2D eigenvalue weighted by Crippen LogP contribution is 2.28. The number of halogens is 2. The third kappa shape index (κ3) is 3.16. The Balaban J connectivity index is 2.20. The fraction of sp³-hybridized carbons (Fsp3) is 0.538. The molecule has 0 spiro atoms. The van der Waals surface area contributed by atoms with Crippen molar-refractivity contribution in [1.29, 1.82) is 0 Å². The van der Waals surface area contributed by atoms with Gasteiger partial charge in [-0.25, -0.2) is 0 Å². The van der Waals surface area contributed by atoms with Crippen LogP contribution >= 0.6 is 23.2 Å². The molecule has 1 heterocycles. The fourth-order valence-electron chi connectivity index (χ4n) is 2.40. The van der Waals surface area contributed by atoms with Crippen molar-refractivity contribution in [3.05, 3.63) is 33.8 Å². The molecule has 2 rings (SSSR count). The Kier molecular flexibility index (Phi) is 4.87. The summed E-state index contributed by atoms with van der Waals surface area (Å²) in [4.78, 5) is 2.26. The maximum atomic E-state index is 6.05. The minimum absolute atomic E-state index is 0.118. The van der Waals surface area contributed by atoms with Crippen LogP contribution in [-0.4, -0.2) is 37.7 Å². The molecule has 1 aliphatic heterocycles. The van der Waals surface area contributed by atoms with Gasteiger partial charge in [-0.15, -0.1) is 0 Å². The van der Waals surface area contributed by atoms with Gasteiger partial charge in [-0.2, -0.15) is 0 Å². The zero-order chi connectivity index (χ0) is 13.1. The van der Waals surface area contributed by atoms with Gasteiger partial charge in [-0.3, -0.25) is 4.90 Å². The van der Waals surface area contributed by atoms with E-state index in [0.29, 0.717) is 22.6 Å². The molecule has 2 unspecified atom stereocenters. The molecule has 3 nitrogen and oxygen atoms in total. The van der Waals surface area contributed by atoms with Gasteiger partial charge in [0, 0.05) is 35.3 Å². The first-order valence-corrected chi connectivity index (χ1v) is 6.83. The van der Waals surface area contributed by atoms with Gasteiger partial charge in [0.05, 0.1) is 6.61 Å². The van der Waals surface area contributed by atoms with Crippen molar-refractivity contribution < 1.29 is 4.74 Å². The van der Waals surface area contributed by atoms with Crippen molar-refractivity contribution in [2.24, 2.45) is 5.73 Å². The highest BCUT2D eigenvalue weighted by Gasteiger charge is 2.26. The minimum atomic E-state index is 0.118. The molecule has 1 aliphatic rings. The molecule has 1 saturated heterocycles. The quantitative estimate of drug-likeness (QED) is 0.926. The van der Waals surface area contributed by atoms with Crippen LogP contribution in [0.5, 0.6) is 0 Å². The van der Waals surface area contributed by atoms with E-state index in [4.69, 9.17) is 33.7 Å². The number of ether oxygens (including phenoxy) is 1. The maximum Gasteiger partial charge on any atom is 0.0622 e. The van der Waals surface area contributed by atoms with Crippen molar-refractivity contribution in [2.45, 2.75) is 18.5 Å². The van der Waals surface area contributed by atoms with Crippen LogP contribution in [0.3, 0.4) is 0 Å². The van der Waals surface area contributed by atoms with Crippen LogP contribution in [0.25, 0.3) is 0 Å².